The van der Waals surface area contributed by atoms with Crippen LogP contribution in [0.5, 0.6) is 0 Å². The van der Waals surface area contributed by atoms with Gasteiger partial charge in [-0.05, 0) is 50.6 Å². The minimum Gasteiger partial charge on any atom is -0.349 e. The van der Waals surface area contributed by atoms with Crippen molar-refractivity contribution in [2.45, 2.75) is 63.1 Å². The number of aryl methyl sites for hydroxylation is 1. The number of allylic oxidation sites excluding steroid dienone is 1. The first kappa shape index (κ1) is 25.1. The van der Waals surface area contributed by atoms with E-state index in [9.17, 15) is 9.59 Å². The third-order valence-electron chi connectivity index (χ3n) is 7.14. The maximum Gasteiger partial charge on any atom is 0.258 e. The number of carbonyl (C=O) groups is 2. The molecule has 5 rings (SSSR count). The summed E-state index contributed by atoms with van der Waals surface area (Å²) >= 11 is 1.44. The highest BCUT2D eigenvalue weighted by Gasteiger charge is 2.37. The number of nitrogens with one attached hydrogen (secondary N) is 3. The van der Waals surface area contributed by atoms with E-state index in [2.05, 4.69) is 16.0 Å². The number of aromatic nitrogens is 2. The van der Waals surface area contributed by atoms with Gasteiger partial charge in [0.25, 0.3) is 11.8 Å². The maximum absolute atomic E-state index is 13.7. The number of nitrogens with zero attached hydrogens (tertiary/aromatic N) is 2. The molecule has 2 heterocycles. The van der Waals surface area contributed by atoms with Crippen molar-refractivity contribution in [2.75, 3.05) is 16.9 Å². The first-order chi connectivity index (χ1) is 18.0. The summed E-state index contributed by atoms with van der Waals surface area (Å²) < 4.78 is 1.80. The quantitative estimate of drug-likeness (QED) is 0.356. The Hall–Kier alpha value is -3.52. The molecular weight excluding hydrogens is 482 g/mol. The van der Waals surface area contributed by atoms with E-state index >= 15 is 0 Å². The van der Waals surface area contributed by atoms with Gasteiger partial charge in [0.2, 0.25) is 0 Å². The van der Waals surface area contributed by atoms with Gasteiger partial charge in [-0.25, -0.2) is 4.68 Å². The van der Waals surface area contributed by atoms with Crippen LogP contribution in [0.4, 0.5) is 11.5 Å². The second kappa shape index (κ2) is 10.8. The highest BCUT2D eigenvalue weighted by Crippen LogP contribution is 2.40. The van der Waals surface area contributed by atoms with Crippen LogP contribution in [0.3, 0.4) is 0 Å². The zero-order valence-electron chi connectivity index (χ0n) is 21.5. The lowest BCUT2D eigenvalue weighted by Gasteiger charge is -2.30. The van der Waals surface area contributed by atoms with E-state index in [-0.39, 0.29) is 17.9 Å². The average Bonchev–Trinajstić information content (AvgIpc) is 3.28. The number of hydrogen-bond acceptors (Lipinski definition) is 5. The molecule has 3 aromatic rings. The van der Waals surface area contributed by atoms with E-state index < -0.39 is 6.04 Å². The minimum absolute atomic E-state index is 0.114. The summed E-state index contributed by atoms with van der Waals surface area (Å²) in [6, 6.07) is 17.3. The molecule has 2 amide bonds. The van der Waals surface area contributed by atoms with Crippen LogP contribution in [-0.4, -0.2) is 33.9 Å². The normalized spacial score (nSPS) is 17.6. The molecule has 8 heteroatoms. The molecule has 2 aromatic carbocycles. The molecule has 1 aliphatic heterocycles. The SMILES string of the molecule is CSc1nn2c(c1C(=O)NC1CCCCC1)NC(C)=C(C(=O)Nc1ccc(C)cc1)C2c1ccccc1. The summed E-state index contributed by atoms with van der Waals surface area (Å²) in [6.07, 6.45) is 7.44. The van der Waals surface area contributed by atoms with E-state index in [1.165, 1.54) is 18.2 Å². The van der Waals surface area contributed by atoms with Crippen LogP contribution >= 0.6 is 11.8 Å². The molecule has 1 aliphatic carbocycles. The second-order valence-corrected chi connectivity index (χ2v) is 10.6. The maximum atomic E-state index is 13.7. The Morgan fingerprint density at radius 2 is 1.68 bits per heavy atom. The number of hydrogen-bond donors (Lipinski definition) is 3. The number of amides is 2. The van der Waals surface area contributed by atoms with Crippen LogP contribution in [0.25, 0.3) is 0 Å². The predicted octanol–water partition coefficient (Wildman–Crippen LogP) is 5.90. The van der Waals surface area contributed by atoms with Gasteiger partial charge in [-0.2, -0.15) is 5.10 Å². The highest BCUT2D eigenvalue weighted by molar-refractivity contribution is 7.98. The van der Waals surface area contributed by atoms with E-state index in [4.69, 9.17) is 5.10 Å². The van der Waals surface area contributed by atoms with Gasteiger partial charge in [-0.3, -0.25) is 9.59 Å². The Bertz CT molecular complexity index is 1320. The van der Waals surface area contributed by atoms with E-state index in [1.54, 1.807) is 4.68 Å². The van der Waals surface area contributed by atoms with E-state index in [1.807, 2.05) is 74.7 Å². The largest absolute Gasteiger partial charge is 0.349 e. The fraction of sp³-hybridized carbons (Fsp3) is 0.345. The van der Waals surface area contributed by atoms with Crippen molar-refractivity contribution in [3.8, 4) is 0 Å². The van der Waals surface area contributed by atoms with Gasteiger partial charge in [0.15, 0.2) is 0 Å². The summed E-state index contributed by atoms with van der Waals surface area (Å²) in [4.78, 5) is 27.2. The molecule has 1 saturated carbocycles. The molecule has 1 fully saturated rings. The van der Waals surface area contributed by atoms with Crippen molar-refractivity contribution in [3.63, 3.8) is 0 Å². The molecule has 192 valence electrons. The molecule has 0 radical (unpaired) electrons. The Balaban J connectivity index is 1.55. The van der Waals surface area contributed by atoms with Crippen molar-refractivity contribution in [3.05, 3.63) is 82.6 Å². The van der Waals surface area contributed by atoms with Gasteiger partial charge in [0.1, 0.15) is 22.4 Å². The van der Waals surface area contributed by atoms with Crippen LogP contribution in [0.15, 0.2) is 70.9 Å². The number of fused-ring (bicyclic) bond motifs is 1. The minimum atomic E-state index is -0.481. The molecule has 1 atom stereocenters. The highest BCUT2D eigenvalue weighted by atomic mass is 32.2. The molecule has 0 spiro atoms. The summed E-state index contributed by atoms with van der Waals surface area (Å²) in [5, 5.41) is 15.2. The fourth-order valence-electron chi connectivity index (χ4n) is 5.22. The fourth-order valence-corrected chi connectivity index (χ4v) is 5.78. The van der Waals surface area contributed by atoms with Crippen molar-refractivity contribution in [1.82, 2.24) is 15.1 Å². The molecule has 2 aliphatic rings. The number of anilines is 2. The first-order valence-corrected chi connectivity index (χ1v) is 14.1. The topological polar surface area (TPSA) is 88.1 Å². The molecule has 0 bridgehead atoms. The van der Waals surface area contributed by atoms with Crippen molar-refractivity contribution < 1.29 is 9.59 Å². The van der Waals surface area contributed by atoms with Gasteiger partial charge in [-0.15, -0.1) is 11.8 Å². The van der Waals surface area contributed by atoms with Gasteiger partial charge in [0, 0.05) is 17.4 Å². The Kier molecular flexibility index (Phi) is 7.37. The van der Waals surface area contributed by atoms with Crippen LogP contribution in [0.1, 0.15) is 66.6 Å². The Morgan fingerprint density at radius 1 is 0.973 bits per heavy atom. The van der Waals surface area contributed by atoms with E-state index in [0.29, 0.717) is 27.7 Å². The van der Waals surface area contributed by atoms with Gasteiger partial charge in [-0.1, -0.05) is 67.3 Å². The Labute approximate surface area is 222 Å². The molecule has 3 N–H and O–H groups in total. The third kappa shape index (κ3) is 5.16. The van der Waals surface area contributed by atoms with E-state index in [0.717, 1.165) is 42.5 Å². The standard InChI is InChI=1S/C29H33N5O2S/c1-18-14-16-22(17-15-18)32-27(35)23-19(2)30-26-24(28(36)31-21-12-8-5-9-13-21)29(37-3)33-34(26)25(23)20-10-6-4-7-11-20/h4,6-7,10-11,14-17,21,25,30H,5,8-9,12-13H2,1-3H3,(H,31,36)(H,32,35). The Morgan fingerprint density at radius 3 is 2.35 bits per heavy atom. The first-order valence-electron chi connectivity index (χ1n) is 12.8. The van der Waals surface area contributed by atoms with Gasteiger partial charge in [0.05, 0.1) is 5.57 Å². The molecule has 1 unspecified atom stereocenters. The van der Waals surface area contributed by atoms with Crippen LogP contribution in [0.2, 0.25) is 0 Å². The van der Waals surface area contributed by atoms with Crippen molar-refractivity contribution >= 4 is 35.1 Å². The van der Waals surface area contributed by atoms with Crippen LogP contribution in [0, 0.1) is 6.92 Å². The molecular formula is C29H33N5O2S. The third-order valence-corrected chi connectivity index (χ3v) is 7.81. The monoisotopic (exact) mass is 515 g/mol. The molecule has 7 nitrogen and oxygen atoms in total. The van der Waals surface area contributed by atoms with Crippen LogP contribution in [-0.2, 0) is 4.79 Å². The summed E-state index contributed by atoms with van der Waals surface area (Å²) in [6.45, 7) is 3.90. The average molecular weight is 516 g/mol. The predicted molar refractivity (Wildman–Crippen MR) is 149 cm³/mol. The molecule has 0 saturated heterocycles. The number of benzene rings is 2. The lowest BCUT2D eigenvalue weighted by Crippen LogP contribution is -2.37. The summed E-state index contributed by atoms with van der Waals surface area (Å²) in [5.41, 5.74) is 4.58. The van der Waals surface area contributed by atoms with Crippen LogP contribution < -0.4 is 16.0 Å². The van der Waals surface area contributed by atoms with Crippen molar-refractivity contribution in [2.24, 2.45) is 0 Å². The zero-order valence-corrected chi connectivity index (χ0v) is 22.3. The molecule has 1 aromatic heterocycles. The lowest BCUT2D eigenvalue weighted by atomic mass is 9.94. The second-order valence-electron chi connectivity index (χ2n) is 9.78. The number of thioether (sulfide) groups is 1. The number of carbonyl (C=O) groups excluding carboxylic acids is 2. The molecule has 37 heavy (non-hydrogen) atoms. The summed E-state index contributed by atoms with van der Waals surface area (Å²) in [5.74, 6) is 0.302. The summed E-state index contributed by atoms with van der Waals surface area (Å²) in [7, 11) is 0. The van der Waals surface area contributed by atoms with Crippen molar-refractivity contribution in [1.29, 1.82) is 0 Å². The zero-order chi connectivity index (χ0) is 25.9. The van der Waals surface area contributed by atoms with Gasteiger partial charge >= 0.3 is 0 Å². The van der Waals surface area contributed by atoms with Gasteiger partial charge < -0.3 is 16.0 Å². The number of rotatable bonds is 6. The smallest absolute Gasteiger partial charge is 0.258 e. The lowest BCUT2D eigenvalue weighted by molar-refractivity contribution is -0.113.